The number of ether oxygens (including phenoxy) is 3. The topological polar surface area (TPSA) is 103 Å². The lowest BCUT2D eigenvalue weighted by Crippen LogP contribution is -2.40. The van der Waals surface area contributed by atoms with Gasteiger partial charge in [-0.1, -0.05) is 23.7 Å². The number of carbonyl (C=O) groups is 2. The van der Waals surface area contributed by atoms with Gasteiger partial charge in [-0.3, -0.25) is 9.59 Å². The number of aromatic nitrogens is 2. The normalized spacial score (nSPS) is 14.9. The van der Waals surface area contributed by atoms with Crippen LogP contribution in [0.5, 0.6) is 17.2 Å². The number of carbonyl (C=O) groups excluding carboxylic acids is 2. The molecule has 1 aliphatic heterocycles. The van der Waals surface area contributed by atoms with E-state index in [2.05, 4.69) is 15.3 Å². The molecule has 2 amide bonds. The predicted molar refractivity (Wildman–Crippen MR) is 126 cm³/mol. The third kappa shape index (κ3) is 5.81. The van der Waals surface area contributed by atoms with Crippen LogP contribution in [0.15, 0.2) is 55.0 Å². The van der Waals surface area contributed by atoms with Crippen LogP contribution >= 0.6 is 11.6 Å². The maximum absolute atomic E-state index is 13.1. The van der Waals surface area contributed by atoms with Gasteiger partial charge in [-0.25, -0.2) is 9.97 Å². The highest BCUT2D eigenvalue weighted by atomic mass is 35.5. The van der Waals surface area contributed by atoms with Crippen molar-refractivity contribution >= 4 is 29.1 Å². The van der Waals surface area contributed by atoms with Crippen LogP contribution in [0.2, 0.25) is 5.02 Å². The lowest BCUT2D eigenvalue weighted by molar-refractivity contribution is -0.117. The lowest BCUT2D eigenvalue weighted by Gasteiger charge is -2.23. The molecule has 3 aromatic rings. The number of hydrogen-bond donors (Lipinski definition) is 1. The van der Waals surface area contributed by atoms with E-state index in [0.717, 1.165) is 0 Å². The van der Waals surface area contributed by atoms with Crippen molar-refractivity contribution < 1.29 is 23.8 Å². The van der Waals surface area contributed by atoms with Gasteiger partial charge in [0, 0.05) is 17.8 Å². The Morgan fingerprint density at radius 1 is 1.09 bits per heavy atom. The standard InChI is InChI=1S/C24H23ClN4O5/c1-16-18(13-26-15-27-16)24(31)29-8-9-32-10-11-33-21-4-2-3-5-22(21)34-20-7-6-17(25)12-19(20)28-23(30)14-29/h2-7,12-13,15H,8-11,14H2,1H3,(H,28,30). The van der Waals surface area contributed by atoms with E-state index >= 15 is 0 Å². The van der Waals surface area contributed by atoms with Gasteiger partial charge in [0.15, 0.2) is 17.2 Å². The summed E-state index contributed by atoms with van der Waals surface area (Å²) in [5.74, 6) is 0.600. The van der Waals surface area contributed by atoms with Crippen LogP contribution in [-0.2, 0) is 9.53 Å². The number of benzene rings is 2. The van der Waals surface area contributed by atoms with Gasteiger partial charge in [0.05, 0.1) is 30.2 Å². The number of aryl methyl sites for hydroxylation is 1. The summed E-state index contributed by atoms with van der Waals surface area (Å²) in [6.07, 6.45) is 2.80. The average molecular weight is 483 g/mol. The first-order valence-corrected chi connectivity index (χ1v) is 11.0. The molecule has 2 heterocycles. The Morgan fingerprint density at radius 2 is 1.91 bits per heavy atom. The number of rotatable bonds is 1. The summed E-state index contributed by atoms with van der Waals surface area (Å²) in [5.41, 5.74) is 1.21. The van der Waals surface area contributed by atoms with E-state index in [1.54, 1.807) is 37.3 Å². The third-order valence-electron chi connectivity index (χ3n) is 5.04. The molecular formula is C24H23ClN4O5. The molecular weight excluding hydrogens is 460 g/mol. The number of anilines is 1. The van der Waals surface area contributed by atoms with Crippen molar-refractivity contribution in [3.8, 4) is 17.2 Å². The van der Waals surface area contributed by atoms with E-state index in [1.165, 1.54) is 17.4 Å². The highest BCUT2D eigenvalue weighted by Crippen LogP contribution is 2.36. The van der Waals surface area contributed by atoms with Gasteiger partial charge in [0.2, 0.25) is 5.91 Å². The minimum Gasteiger partial charge on any atom is -0.487 e. The van der Waals surface area contributed by atoms with Crippen LogP contribution in [0.25, 0.3) is 0 Å². The van der Waals surface area contributed by atoms with Crippen LogP contribution in [0, 0.1) is 6.92 Å². The van der Waals surface area contributed by atoms with Gasteiger partial charge in [0.1, 0.15) is 19.5 Å². The fraction of sp³-hybridized carbons (Fsp3) is 0.250. The van der Waals surface area contributed by atoms with Crippen molar-refractivity contribution in [1.29, 1.82) is 0 Å². The fourth-order valence-electron chi connectivity index (χ4n) is 3.34. The van der Waals surface area contributed by atoms with Crippen molar-refractivity contribution in [1.82, 2.24) is 14.9 Å². The molecule has 0 atom stereocenters. The summed E-state index contributed by atoms with van der Waals surface area (Å²) in [6.45, 7) is 2.48. The molecule has 0 fully saturated rings. The van der Waals surface area contributed by atoms with E-state index in [0.29, 0.717) is 45.8 Å². The first-order valence-electron chi connectivity index (χ1n) is 10.6. The highest BCUT2D eigenvalue weighted by molar-refractivity contribution is 6.31. The Balaban J connectivity index is 1.62. The molecule has 0 saturated heterocycles. The molecule has 0 spiro atoms. The number of para-hydroxylation sites is 2. The monoisotopic (exact) mass is 482 g/mol. The Labute approximate surface area is 201 Å². The number of halogens is 1. The Morgan fingerprint density at radius 3 is 2.74 bits per heavy atom. The number of nitrogens with one attached hydrogen (secondary N) is 1. The lowest BCUT2D eigenvalue weighted by atomic mass is 10.2. The maximum atomic E-state index is 13.1. The second-order valence-electron chi connectivity index (χ2n) is 7.45. The van der Waals surface area contributed by atoms with Crippen LogP contribution < -0.4 is 14.8 Å². The zero-order chi connectivity index (χ0) is 23.9. The summed E-state index contributed by atoms with van der Waals surface area (Å²) >= 11 is 6.17. The Kier molecular flexibility index (Phi) is 7.56. The first-order chi connectivity index (χ1) is 16.5. The zero-order valence-electron chi connectivity index (χ0n) is 18.5. The quantitative estimate of drug-likeness (QED) is 0.563. The second-order valence-corrected chi connectivity index (χ2v) is 7.88. The van der Waals surface area contributed by atoms with Gasteiger partial charge in [-0.2, -0.15) is 0 Å². The van der Waals surface area contributed by atoms with Crippen molar-refractivity contribution in [2.75, 3.05) is 38.2 Å². The van der Waals surface area contributed by atoms with Crippen LogP contribution in [0.1, 0.15) is 16.1 Å². The molecule has 1 aliphatic rings. The average Bonchev–Trinajstić information content (AvgIpc) is 2.83. The van der Waals surface area contributed by atoms with Gasteiger partial charge in [-0.05, 0) is 37.3 Å². The molecule has 0 saturated carbocycles. The number of nitrogens with zero attached hydrogens (tertiary/aromatic N) is 3. The van der Waals surface area contributed by atoms with Crippen molar-refractivity contribution in [3.63, 3.8) is 0 Å². The molecule has 2 aromatic carbocycles. The van der Waals surface area contributed by atoms with E-state index < -0.39 is 5.91 Å². The second kappa shape index (κ2) is 11.0. The number of amides is 2. The molecule has 0 aliphatic carbocycles. The van der Waals surface area contributed by atoms with Crippen molar-refractivity contribution in [2.24, 2.45) is 0 Å². The van der Waals surface area contributed by atoms with E-state index in [1.807, 2.05) is 12.1 Å². The Bertz CT molecular complexity index is 1190. The minimum absolute atomic E-state index is 0.191. The summed E-state index contributed by atoms with van der Waals surface area (Å²) in [6, 6.07) is 12.1. The zero-order valence-corrected chi connectivity index (χ0v) is 19.2. The summed E-state index contributed by atoms with van der Waals surface area (Å²) in [7, 11) is 0. The van der Waals surface area contributed by atoms with Crippen LogP contribution in [-0.4, -0.2) is 59.6 Å². The Hall–Kier alpha value is -3.69. The molecule has 34 heavy (non-hydrogen) atoms. The highest BCUT2D eigenvalue weighted by Gasteiger charge is 2.22. The van der Waals surface area contributed by atoms with Crippen LogP contribution in [0.3, 0.4) is 0 Å². The van der Waals surface area contributed by atoms with Gasteiger partial charge >= 0.3 is 0 Å². The smallest absolute Gasteiger partial charge is 0.257 e. The summed E-state index contributed by atoms with van der Waals surface area (Å²) in [5, 5.41) is 3.22. The summed E-state index contributed by atoms with van der Waals surface area (Å²) < 4.78 is 17.5. The predicted octanol–water partition coefficient (Wildman–Crippen LogP) is 3.72. The molecule has 10 heteroatoms. The van der Waals surface area contributed by atoms with E-state index in [4.69, 9.17) is 25.8 Å². The van der Waals surface area contributed by atoms with E-state index in [-0.39, 0.29) is 32.2 Å². The molecule has 176 valence electrons. The molecule has 1 N–H and O–H groups in total. The summed E-state index contributed by atoms with van der Waals surface area (Å²) in [4.78, 5) is 35.5. The fourth-order valence-corrected chi connectivity index (χ4v) is 3.51. The molecule has 9 nitrogen and oxygen atoms in total. The molecule has 0 unspecified atom stereocenters. The molecule has 1 aromatic heterocycles. The van der Waals surface area contributed by atoms with Gasteiger partial charge in [0.25, 0.3) is 5.91 Å². The van der Waals surface area contributed by atoms with Gasteiger partial charge in [-0.15, -0.1) is 0 Å². The van der Waals surface area contributed by atoms with Crippen molar-refractivity contribution in [2.45, 2.75) is 6.92 Å². The van der Waals surface area contributed by atoms with E-state index in [9.17, 15) is 9.59 Å². The number of fused-ring (bicyclic) bond motifs is 2. The van der Waals surface area contributed by atoms with Crippen LogP contribution in [0.4, 0.5) is 5.69 Å². The minimum atomic E-state index is -0.422. The third-order valence-corrected chi connectivity index (χ3v) is 5.27. The first kappa shape index (κ1) is 23.5. The molecule has 0 radical (unpaired) electrons. The van der Waals surface area contributed by atoms with Crippen molar-refractivity contribution in [3.05, 3.63) is 71.3 Å². The molecule has 0 bridgehead atoms. The number of hydrogen-bond acceptors (Lipinski definition) is 7. The largest absolute Gasteiger partial charge is 0.487 e. The molecule has 4 rings (SSSR count). The maximum Gasteiger partial charge on any atom is 0.257 e. The van der Waals surface area contributed by atoms with Gasteiger partial charge < -0.3 is 24.4 Å². The SMILES string of the molecule is Cc1ncncc1C(=O)N1CCOCCOc2ccccc2Oc2ccc(Cl)cc2NC(=O)C1.